The van der Waals surface area contributed by atoms with Crippen molar-refractivity contribution in [2.24, 2.45) is 0 Å². The van der Waals surface area contributed by atoms with Crippen molar-refractivity contribution in [3.63, 3.8) is 0 Å². The second-order valence-corrected chi connectivity index (χ2v) is 10.2. The van der Waals surface area contributed by atoms with Crippen molar-refractivity contribution in [3.05, 3.63) is 132 Å². The van der Waals surface area contributed by atoms with Gasteiger partial charge in [0.2, 0.25) is 0 Å². The highest BCUT2D eigenvalue weighted by molar-refractivity contribution is 5.76. The predicted molar refractivity (Wildman–Crippen MR) is 164 cm³/mol. The van der Waals surface area contributed by atoms with Crippen molar-refractivity contribution in [2.75, 3.05) is 0 Å². The van der Waals surface area contributed by atoms with Gasteiger partial charge in [-0.1, -0.05) is 60.7 Å². The van der Waals surface area contributed by atoms with Gasteiger partial charge in [0, 0.05) is 22.8 Å². The molecule has 40 heavy (non-hydrogen) atoms. The second-order valence-electron chi connectivity index (χ2n) is 10.2. The monoisotopic (exact) mass is 518 g/mol. The quantitative estimate of drug-likeness (QED) is 0.229. The lowest BCUT2D eigenvalue weighted by molar-refractivity contribution is 1.15. The highest BCUT2D eigenvalue weighted by Crippen LogP contribution is 2.30. The predicted octanol–water partition coefficient (Wildman–Crippen LogP) is 8.84. The standard InChI is InChI=1S/C36H30N4/c1-23-7-5-9-33(37-23)35-21-31(19-25(3)39-35)29-15-11-27(12-16-29)28-13-17-30(18-14-28)32-20-26(4)40-36(22-32)34-10-6-8-24(2)38-34/h5-22H,1-4H3. The number of aryl methyl sites for hydroxylation is 4. The summed E-state index contributed by atoms with van der Waals surface area (Å²) < 4.78 is 0. The molecule has 2 aromatic carbocycles. The molecule has 4 aromatic heterocycles. The summed E-state index contributed by atoms with van der Waals surface area (Å²) in [7, 11) is 0. The number of pyridine rings is 4. The molecular weight excluding hydrogens is 488 g/mol. The van der Waals surface area contributed by atoms with Gasteiger partial charge < -0.3 is 0 Å². The van der Waals surface area contributed by atoms with E-state index in [-0.39, 0.29) is 0 Å². The van der Waals surface area contributed by atoms with E-state index in [1.54, 1.807) is 0 Å². The maximum absolute atomic E-state index is 4.73. The molecule has 0 fully saturated rings. The molecule has 194 valence electrons. The minimum absolute atomic E-state index is 0.894. The van der Waals surface area contributed by atoms with Gasteiger partial charge >= 0.3 is 0 Å². The van der Waals surface area contributed by atoms with Crippen LogP contribution in [0.4, 0.5) is 0 Å². The van der Waals surface area contributed by atoms with E-state index in [9.17, 15) is 0 Å². The van der Waals surface area contributed by atoms with E-state index in [0.29, 0.717) is 0 Å². The number of rotatable bonds is 5. The van der Waals surface area contributed by atoms with Crippen LogP contribution in [0.3, 0.4) is 0 Å². The van der Waals surface area contributed by atoms with Crippen LogP contribution in [0, 0.1) is 27.7 Å². The Morgan fingerprint density at radius 3 is 0.975 bits per heavy atom. The zero-order chi connectivity index (χ0) is 27.6. The lowest BCUT2D eigenvalue weighted by Crippen LogP contribution is -1.93. The first kappa shape index (κ1) is 25.3. The van der Waals surface area contributed by atoms with Crippen molar-refractivity contribution in [1.29, 1.82) is 0 Å². The Morgan fingerprint density at radius 2 is 0.625 bits per heavy atom. The van der Waals surface area contributed by atoms with Crippen LogP contribution < -0.4 is 0 Å². The van der Waals surface area contributed by atoms with Gasteiger partial charge in [-0.15, -0.1) is 0 Å². The zero-order valence-electron chi connectivity index (χ0n) is 23.2. The van der Waals surface area contributed by atoms with Gasteiger partial charge in [0.05, 0.1) is 22.8 Å². The smallest absolute Gasteiger partial charge is 0.0895 e. The third-order valence-electron chi connectivity index (χ3n) is 6.98. The molecule has 0 saturated carbocycles. The lowest BCUT2D eigenvalue weighted by atomic mass is 9.97. The molecule has 4 nitrogen and oxygen atoms in total. The topological polar surface area (TPSA) is 51.6 Å². The third-order valence-corrected chi connectivity index (χ3v) is 6.98. The molecule has 0 amide bonds. The van der Waals surface area contributed by atoms with E-state index >= 15 is 0 Å². The fourth-order valence-electron chi connectivity index (χ4n) is 5.01. The molecular formula is C36H30N4. The van der Waals surface area contributed by atoms with E-state index in [1.807, 2.05) is 64.1 Å². The van der Waals surface area contributed by atoms with Crippen molar-refractivity contribution in [2.45, 2.75) is 27.7 Å². The molecule has 0 unspecified atom stereocenters. The molecule has 0 saturated heterocycles. The zero-order valence-corrected chi connectivity index (χ0v) is 23.2. The largest absolute Gasteiger partial charge is 0.251 e. The number of hydrogen-bond acceptors (Lipinski definition) is 4. The van der Waals surface area contributed by atoms with Crippen molar-refractivity contribution in [1.82, 2.24) is 19.9 Å². The van der Waals surface area contributed by atoms with Gasteiger partial charge in [-0.05, 0) is 110 Å². The molecule has 4 heterocycles. The maximum atomic E-state index is 4.73. The summed E-state index contributed by atoms with van der Waals surface area (Å²) in [5.41, 5.74) is 14.5. The summed E-state index contributed by atoms with van der Waals surface area (Å²) in [5.74, 6) is 0. The van der Waals surface area contributed by atoms with Crippen LogP contribution in [-0.2, 0) is 0 Å². The van der Waals surface area contributed by atoms with Gasteiger partial charge in [-0.25, -0.2) is 0 Å². The highest BCUT2D eigenvalue weighted by atomic mass is 14.8. The van der Waals surface area contributed by atoms with E-state index in [0.717, 1.165) is 67.8 Å². The minimum Gasteiger partial charge on any atom is -0.251 e. The summed E-state index contributed by atoms with van der Waals surface area (Å²) in [6.07, 6.45) is 0. The number of nitrogens with zero attached hydrogens (tertiary/aromatic N) is 4. The van der Waals surface area contributed by atoms with Gasteiger partial charge in [0.15, 0.2) is 0 Å². The molecule has 6 aromatic rings. The maximum Gasteiger partial charge on any atom is 0.0895 e. The van der Waals surface area contributed by atoms with Crippen molar-refractivity contribution >= 4 is 0 Å². The van der Waals surface area contributed by atoms with Crippen LogP contribution in [0.5, 0.6) is 0 Å². The van der Waals surface area contributed by atoms with Crippen LogP contribution in [0.2, 0.25) is 0 Å². The van der Waals surface area contributed by atoms with Crippen LogP contribution in [0.15, 0.2) is 109 Å². The Bertz CT molecular complexity index is 1680. The van der Waals surface area contributed by atoms with Crippen LogP contribution in [0.25, 0.3) is 56.2 Å². The minimum atomic E-state index is 0.894. The fourth-order valence-corrected chi connectivity index (χ4v) is 5.01. The Labute approximate surface area is 235 Å². The van der Waals surface area contributed by atoms with Crippen LogP contribution in [0.1, 0.15) is 22.8 Å². The van der Waals surface area contributed by atoms with E-state index in [2.05, 4.69) is 82.8 Å². The van der Waals surface area contributed by atoms with Crippen molar-refractivity contribution < 1.29 is 0 Å². The lowest BCUT2D eigenvalue weighted by Gasteiger charge is -2.10. The van der Waals surface area contributed by atoms with E-state index < -0.39 is 0 Å². The van der Waals surface area contributed by atoms with E-state index in [1.165, 1.54) is 11.1 Å². The average molecular weight is 519 g/mol. The SMILES string of the molecule is Cc1cccc(-c2cc(-c3ccc(-c4ccc(-c5cc(C)nc(-c6cccc(C)n6)c5)cc4)cc3)cc(C)n2)n1. The Balaban J connectivity index is 1.26. The first-order chi connectivity index (χ1) is 19.4. The summed E-state index contributed by atoms with van der Waals surface area (Å²) in [6.45, 7) is 8.07. The molecule has 0 aliphatic rings. The molecule has 0 N–H and O–H groups in total. The van der Waals surface area contributed by atoms with Crippen molar-refractivity contribution in [3.8, 4) is 56.2 Å². The van der Waals surface area contributed by atoms with Gasteiger partial charge in [-0.2, -0.15) is 0 Å². The normalized spacial score (nSPS) is 11.0. The summed E-state index contributed by atoms with van der Waals surface area (Å²) in [5, 5.41) is 0. The second kappa shape index (κ2) is 10.7. The number of hydrogen-bond donors (Lipinski definition) is 0. The highest BCUT2D eigenvalue weighted by Gasteiger charge is 2.09. The first-order valence-electron chi connectivity index (χ1n) is 13.5. The molecule has 6 rings (SSSR count). The molecule has 4 heteroatoms. The van der Waals surface area contributed by atoms with Gasteiger partial charge in [0.1, 0.15) is 0 Å². The fraction of sp³-hybridized carbons (Fsp3) is 0.111. The van der Waals surface area contributed by atoms with Crippen LogP contribution in [-0.4, -0.2) is 19.9 Å². The molecule has 0 spiro atoms. The van der Waals surface area contributed by atoms with E-state index in [4.69, 9.17) is 9.97 Å². The van der Waals surface area contributed by atoms with Crippen LogP contribution >= 0.6 is 0 Å². The average Bonchev–Trinajstić information content (AvgIpc) is 2.97. The van der Waals surface area contributed by atoms with Gasteiger partial charge in [-0.3, -0.25) is 19.9 Å². The Kier molecular flexibility index (Phi) is 6.75. The molecule has 0 aliphatic heterocycles. The first-order valence-corrected chi connectivity index (χ1v) is 13.5. The van der Waals surface area contributed by atoms with Gasteiger partial charge in [0.25, 0.3) is 0 Å². The summed E-state index contributed by atoms with van der Waals surface area (Å²) in [6, 6.07) is 38.0. The Hall–Kier alpha value is -4.96. The molecule has 0 aliphatic carbocycles. The molecule has 0 atom stereocenters. The summed E-state index contributed by atoms with van der Waals surface area (Å²) in [4.78, 5) is 18.8. The summed E-state index contributed by atoms with van der Waals surface area (Å²) >= 11 is 0. The molecule has 0 radical (unpaired) electrons. The third kappa shape index (κ3) is 5.43. The molecule has 0 bridgehead atoms. The Morgan fingerprint density at radius 1 is 0.300 bits per heavy atom. The number of benzene rings is 2. The number of aromatic nitrogens is 4.